The maximum absolute atomic E-state index is 13.2. The Kier molecular flexibility index (Phi) is 5.77. The van der Waals surface area contributed by atoms with E-state index in [9.17, 15) is 14.0 Å². The number of halogens is 1. The number of carbonyl (C=O) groups is 2. The van der Waals surface area contributed by atoms with Crippen LogP contribution in [0.15, 0.2) is 48.5 Å². The molecule has 0 aliphatic carbocycles. The number of rotatable bonds is 5. The molecule has 1 heterocycles. The summed E-state index contributed by atoms with van der Waals surface area (Å²) in [4.78, 5) is 24.2. The van der Waals surface area contributed by atoms with Gasteiger partial charge in [-0.05, 0) is 62.7 Å². The van der Waals surface area contributed by atoms with E-state index in [1.54, 1.807) is 36.7 Å². The second kappa shape index (κ2) is 8.26. The first kappa shape index (κ1) is 20.3. The van der Waals surface area contributed by atoms with Gasteiger partial charge in [0.2, 0.25) is 5.91 Å². The van der Waals surface area contributed by atoms with Crippen molar-refractivity contribution >= 4 is 17.5 Å². The molecule has 2 N–H and O–H groups in total. The quantitative estimate of drug-likeness (QED) is 0.685. The summed E-state index contributed by atoms with van der Waals surface area (Å²) in [5.74, 6) is -0.729. The van der Waals surface area contributed by atoms with Crippen LogP contribution in [0.5, 0.6) is 0 Å². The van der Waals surface area contributed by atoms with Crippen LogP contribution in [0.1, 0.15) is 47.2 Å². The maximum atomic E-state index is 13.2. The van der Waals surface area contributed by atoms with E-state index in [4.69, 9.17) is 0 Å². The van der Waals surface area contributed by atoms with Gasteiger partial charge in [0.1, 0.15) is 5.82 Å². The van der Waals surface area contributed by atoms with Gasteiger partial charge in [-0.2, -0.15) is 5.10 Å². The number of aromatic nitrogens is 2. The Morgan fingerprint density at radius 2 is 1.79 bits per heavy atom. The van der Waals surface area contributed by atoms with Crippen molar-refractivity contribution in [1.29, 1.82) is 0 Å². The molecule has 0 fully saturated rings. The van der Waals surface area contributed by atoms with Crippen LogP contribution < -0.4 is 10.6 Å². The second-order valence-electron chi connectivity index (χ2n) is 6.94. The fourth-order valence-corrected chi connectivity index (χ4v) is 3.25. The Hall–Kier alpha value is -3.48. The van der Waals surface area contributed by atoms with Gasteiger partial charge < -0.3 is 10.6 Å². The molecular formula is C22H23FN4O2. The molecule has 0 radical (unpaired) electrons. The first-order valence-electron chi connectivity index (χ1n) is 9.27. The smallest absolute Gasteiger partial charge is 0.255 e. The number of benzene rings is 2. The van der Waals surface area contributed by atoms with Gasteiger partial charge in [-0.15, -0.1) is 0 Å². The third-order valence-corrected chi connectivity index (χ3v) is 4.64. The number of hydrogen-bond acceptors (Lipinski definition) is 3. The zero-order chi connectivity index (χ0) is 21.1. The Bertz CT molecular complexity index is 1060. The first-order valence-corrected chi connectivity index (χ1v) is 9.27. The molecule has 1 unspecified atom stereocenters. The van der Waals surface area contributed by atoms with E-state index < -0.39 is 0 Å². The van der Waals surface area contributed by atoms with Crippen molar-refractivity contribution in [3.8, 4) is 5.69 Å². The molecule has 0 aliphatic rings. The number of amides is 2. The van der Waals surface area contributed by atoms with Gasteiger partial charge in [-0.1, -0.05) is 12.1 Å². The molecular weight excluding hydrogens is 371 g/mol. The third-order valence-electron chi connectivity index (χ3n) is 4.64. The van der Waals surface area contributed by atoms with E-state index >= 15 is 0 Å². The highest BCUT2D eigenvalue weighted by Gasteiger charge is 2.21. The van der Waals surface area contributed by atoms with E-state index in [0.717, 1.165) is 5.56 Å². The monoisotopic (exact) mass is 394 g/mol. The summed E-state index contributed by atoms with van der Waals surface area (Å²) in [5.41, 5.74) is 3.97. The van der Waals surface area contributed by atoms with Crippen LogP contribution in [0, 0.1) is 19.7 Å². The van der Waals surface area contributed by atoms with Crippen LogP contribution in [0.3, 0.4) is 0 Å². The summed E-state index contributed by atoms with van der Waals surface area (Å²) >= 11 is 0. The van der Waals surface area contributed by atoms with Gasteiger partial charge in [-0.25, -0.2) is 9.07 Å². The van der Waals surface area contributed by atoms with E-state index in [1.165, 1.54) is 19.1 Å². The summed E-state index contributed by atoms with van der Waals surface area (Å²) in [6, 6.07) is 13.0. The van der Waals surface area contributed by atoms with E-state index in [1.807, 2.05) is 25.1 Å². The second-order valence-corrected chi connectivity index (χ2v) is 6.94. The summed E-state index contributed by atoms with van der Waals surface area (Å²) in [5, 5.41) is 10.2. The molecule has 0 saturated heterocycles. The molecule has 3 aromatic rings. The van der Waals surface area contributed by atoms with Crippen molar-refractivity contribution in [3.63, 3.8) is 0 Å². The molecule has 0 bridgehead atoms. The Labute approximate surface area is 168 Å². The summed E-state index contributed by atoms with van der Waals surface area (Å²) < 4.78 is 14.8. The number of aryl methyl sites for hydroxylation is 1. The molecule has 0 aliphatic heterocycles. The lowest BCUT2D eigenvalue weighted by Crippen LogP contribution is -2.27. The van der Waals surface area contributed by atoms with Crippen molar-refractivity contribution in [2.45, 2.75) is 33.7 Å². The van der Waals surface area contributed by atoms with Crippen LogP contribution in [-0.4, -0.2) is 21.6 Å². The Morgan fingerprint density at radius 1 is 1.10 bits per heavy atom. The zero-order valence-electron chi connectivity index (χ0n) is 16.8. The predicted molar refractivity (Wildman–Crippen MR) is 110 cm³/mol. The number of anilines is 1. The number of nitrogens with one attached hydrogen (secondary N) is 2. The Morgan fingerprint density at radius 3 is 2.45 bits per heavy atom. The largest absolute Gasteiger partial charge is 0.345 e. The zero-order valence-corrected chi connectivity index (χ0v) is 16.8. The number of nitrogens with zero attached hydrogens (tertiary/aromatic N) is 2. The van der Waals surface area contributed by atoms with Gasteiger partial charge in [0.15, 0.2) is 0 Å². The van der Waals surface area contributed by atoms with E-state index in [-0.39, 0.29) is 23.7 Å². The molecule has 2 aromatic carbocycles. The highest BCUT2D eigenvalue weighted by atomic mass is 19.1. The third kappa shape index (κ3) is 4.51. The normalized spacial score (nSPS) is 11.8. The number of hydrogen-bond donors (Lipinski definition) is 2. The lowest BCUT2D eigenvalue weighted by Gasteiger charge is -2.16. The van der Waals surface area contributed by atoms with E-state index in [0.29, 0.717) is 28.3 Å². The molecule has 29 heavy (non-hydrogen) atoms. The first-order chi connectivity index (χ1) is 13.8. The predicted octanol–water partition coefficient (Wildman–Crippen LogP) is 4.08. The molecule has 150 valence electrons. The molecule has 6 nitrogen and oxygen atoms in total. The summed E-state index contributed by atoms with van der Waals surface area (Å²) in [7, 11) is 0. The number of carbonyl (C=O) groups excluding carboxylic acids is 2. The van der Waals surface area contributed by atoms with Gasteiger partial charge in [0, 0.05) is 12.6 Å². The summed E-state index contributed by atoms with van der Waals surface area (Å²) in [6.45, 7) is 6.90. The van der Waals surface area contributed by atoms with Gasteiger partial charge in [0.25, 0.3) is 5.91 Å². The average molecular weight is 394 g/mol. The van der Waals surface area contributed by atoms with Crippen molar-refractivity contribution in [3.05, 3.63) is 76.9 Å². The van der Waals surface area contributed by atoms with Crippen molar-refractivity contribution in [2.75, 3.05) is 5.32 Å². The lowest BCUT2D eigenvalue weighted by atomic mass is 10.1. The molecule has 1 aromatic heterocycles. The van der Waals surface area contributed by atoms with E-state index in [2.05, 4.69) is 15.7 Å². The van der Waals surface area contributed by atoms with Crippen LogP contribution in [-0.2, 0) is 4.79 Å². The average Bonchev–Trinajstić information content (AvgIpc) is 2.96. The van der Waals surface area contributed by atoms with Crippen molar-refractivity contribution in [2.24, 2.45) is 0 Å². The highest BCUT2D eigenvalue weighted by molar-refractivity contribution is 5.96. The minimum Gasteiger partial charge on any atom is -0.345 e. The van der Waals surface area contributed by atoms with Crippen LogP contribution in [0.4, 0.5) is 10.1 Å². The van der Waals surface area contributed by atoms with Gasteiger partial charge >= 0.3 is 0 Å². The van der Waals surface area contributed by atoms with Crippen molar-refractivity contribution in [1.82, 2.24) is 15.1 Å². The molecule has 1 atom stereocenters. The minimum absolute atomic E-state index is 0.154. The SMILES string of the molecule is CC(=O)Nc1cccc(C(C)NC(=O)c2c(C)nn(-c3ccc(F)cc3)c2C)c1. The minimum atomic E-state index is -0.330. The van der Waals surface area contributed by atoms with Crippen LogP contribution in [0.2, 0.25) is 0 Å². The van der Waals surface area contributed by atoms with Gasteiger partial charge in [0.05, 0.1) is 28.7 Å². The lowest BCUT2D eigenvalue weighted by molar-refractivity contribution is -0.114. The molecule has 3 rings (SSSR count). The Balaban J connectivity index is 1.82. The maximum Gasteiger partial charge on any atom is 0.255 e. The molecule has 0 saturated carbocycles. The highest BCUT2D eigenvalue weighted by Crippen LogP contribution is 2.21. The standard InChI is InChI=1S/C22H23FN4O2/c1-13(17-6-5-7-19(12-17)25-16(4)28)24-22(29)21-14(2)26-27(15(21)3)20-10-8-18(23)9-11-20/h5-13H,1-4H3,(H,24,29)(H,25,28). The fourth-order valence-electron chi connectivity index (χ4n) is 3.25. The van der Waals surface area contributed by atoms with Crippen LogP contribution >= 0.6 is 0 Å². The summed E-state index contributed by atoms with van der Waals surface area (Å²) in [6.07, 6.45) is 0. The fraction of sp³-hybridized carbons (Fsp3) is 0.227. The topological polar surface area (TPSA) is 76.0 Å². The molecule has 2 amide bonds. The molecule has 0 spiro atoms. The van der Waals surface area contributed by atoms with Crippen LogP contribution in [0.25, 0.3) is 5.69 Å². The van der Waals surface area contributed by atoms with Gasteiger partial charge in [-0.3, -0.25) is 9.59 Å². The molecule has 7 heteroatoms. The van der Waals surface area contributed by atoms with Crippen molar-refractivity contribution < 1.29 is 14.0 Å².